The third-order valence-electron chi connectivity index (χ3n) is 3.46. The van der Waals surface area contributed by atoms with E-state index >= 15 is 0 Å². The van der Waals surface area contributed by atoms with Crippen LogP contribution in [0.25, 0.3) is 0 Å². The summed E-state index contributed by atoms with van der Waals surface area (Å²) < 4.78 is 0. The number of amides is 1. The maximum atomic E-state index is 11.7. The van der Waals surface area contributed by atoms with Crippen molar-refractivity contribution < 1.29 is 4.79 Å². The summed E-state index contributed by atoms with van der Waals surface area (Å²) in [4.78, 5) is 18.0. The molecule has 5 nitrogen and oxygen atoms in total. The molecule has 2 rings (SSSR count). The van der Waals surface area contributed by atoms with Gasteiger partial charge in [0.2, 0.25) is 5.91 Å². The van der Waals surface area contributed by atoms with E-state index in [2.05, 4.69) is 39.6 Å². The van der Waals surface area contributed by atoms with Gasteiger partial charge in [-0.2, -0.15) is 0 Å². The Kier molecular flexibility index (Phi) is 5.97. The van der Waals surface area contributed by atoms with Crippen molar-refractivity contribution in [1.82, 2.24) is 4.98 Å². The topological polar surface area (TPSA) is 57.3 Å². The van der Waals surface area contributed by atoms with E-state index in [1.54, 1.807) is 12.3 Å². The van der Waals surface area contributed by atoms with Crippen molar-refractivity contribution in [2.45, 2.75) is 26.2 Å². The monoisotopic (exact) mass is 312 g/mol. The number of rotatable bonds is 7. The molecule has 0 saturated heterocycles. The zero-order chi connectivity index (χ0) is 16.7. The van der Waals surface area contributed by atoms with E-state index in [9.17, 15) is 4.79 Å². The number of nitrogens with one attached hydrogen (secondary N) is 2. The second-order valence-corrected chi connectivity index (χ2v) is 5.65. The number of hydrogen-bond acceptors (Lipinski definition) is 4. The lowest BCUT2D eigenvalue weighted by Crippen LogP contribution is -2.12. The van der Waals surface area contributed by atoms with Gasteiger partial charge in [0, 0.05) is 31.9 Å². The van der Waals surface area contributed by atoms with Gasteiger partial charge < -0.3 is 15.5 Å². The van der Waals surface area contributed by atoms with Crippen LogP contribution in [0.3, 0.4) is 0 Å². The number of aromatic nitrogens is 1. The molecule has 0 aliphatic carbocycles. The zero-order valence-electron chi connectivity index (χ0n) is 14.0. The average Bonchev–Trinajstić information content (AvgIpc) is 2.55. The molecule has 2 aromatic rings. The van der Waals surface area contributed by atoms with Crippen LogP contribution in [0.5, 0.6) is 0 Å². The SMILES string of the molecule is CCCCC(=O)Nc1ccc(Nc2ccc(N(C)C)cc2)cn1. The molecule has 0 saturated carbocycles. The largest absolute Gasteiger partial charge is 0.378 e. The smallest absolute Gasteiger partial charge is 0.225 e. The Morgan fingerprint density at radius 2 is 1.78 bits per heavy atom. The van der Waals surface area contributed by atoms with Crippen LogP contribution in [0.2, 0.25) is 0 Å². The van der Waals surface area contributed by atoms with Gasteiger partial charge in [0.25, 0.3) is 0 Å². The lowest BCUT2D eigenvalue weighted by molar-refractivity contribution is -0.116. The summed E-state index contributed by atoms with van der Waals surface area (Å²) in [6.45, 7) is 2.07. The van der Waals surface area contributed by atoms with Gasteiger partial charge in [-0.1, -0.05) is 13.3 Å². The van der Waals surface area contributed by atoms with Gasteiger partial charge in [0.15, 0.2) is 0 Å². The minimum atomic E-state index is 0.0133. The second kappa shape index (κ2) is 8.17. The molecule has 0 aliphatic rings. The highest BCUT2D eigenvalue weighted by atomic mass is 16.1. The van der Waals surface area contributed by atoms with Gasteiger partial charge in [0.1, 0.15) is 5.82 Å². The highest BCUT2D eigenvalue weighted by Gasteiger charge is 2.03. The van der Waals surface area contributed by atoms with Crippen molar-refractivity contribution in [2.75, 3.05) is 29.6 Å². The molecule has 0 spiro atoms. The summed E-state index contributed by atoms with van der Waals surface area (Å²) >= 11 is 0. The van der Waals surface area contributed by atoms with Gasteiger partial charge >= 0.3 is 0 Å². The van der Waals surface area contributed by atoms with Crippen LogP contribution in [0.4, 0.5) is 22.9 Å². The molecule has 23 heavy (non-hydrogen) atoms. The number of pyridine rings is 1. The molecule has 1 heterocycles. The van der Waals surface area contributed by atoms with Crippen molar-refractivity contribution >= 4 is 28.8 Å². The van der Waals surface area contributed by atoms with Crippen molar-refractivity contribution in [2.24, 2.45) is 0 Å². The van der Waals surface area contributed by atoms with Crippen molar-refractivity contribution in [3.05, 3.63) is 42.6 Å². The predicted octanol–water partition coefficient (Wildman–Crippen LogP) is 4.02. The molecule has 0 fully saturated rings. The van der Waals surface area contributed by atoms with Crippen LogP contribution >= 0.6 is 0 Å². The third-order valence-corrected chi connectivity index (χ3v) is 3.46. The third kappa shape index (κ3) is 5.29. The van der Waals surface area contributed by atoms with Crippen LogP contribution in [0, 0.1) is 0 Å². The van der Waals surface area contributed by atoms with E-state index in [1.807, 2.05) is 32.3 Å². The number of benzene rings is 1. The molecule has 5 heteroatoms. The van der Waals surface area contributed by atoms with E-state index < -0.39 is 0 Å². The van der Waals surface area contributed by atoms with Gasteiger partial charge in [-0.15, -0.1) is 0 Å². The summed E-state index contributed by atoms with van der Waals surface area (Å²) in [5, 5.41) is 6.10. The van der Waals surface area contributed by atoms with E-state index in [-0.39, 0.29) is 5.91 Å². The average molecular weight is 312 g/mol. The number of nitrogens with zero attached hydrogens (tertiary/aromatic N) is 2. The Hall–Kier alpha value is -2.56. The highest BCUT2D eigenvalue weighted by molar-refractivity contribution is 5.89. The molecule has 0 atom stereocenters. The molecule has 1 aromatic heterocycles. The quantitative estimate of drug-likeness (QED) is 0.811. The first-order chi connectivity index (χ1) is 11.1. The van der Waals surface area contributed by atoms with E-state index in [0.29, 0.717) is 12.2 Å². The van der Waals surface area contributed by atoms with E-state index in [4.69, 9.17) is 0 Å². The first-order valence-corrected chi connectivity index (χ1v) is 7.89. The number of unbranched alkanes of at least 4 members (excludes halogenated alkanes) is 1. The molecule has 0 bridgehead atoms. The summed E-state index contributed by atoms with van der Waals surface area (Å²) in [6, 6.07) is 11.9. The normalized spacial score (nSPS) is 10.2. The number of anilines is 4. The lowest BCUT2D eigenvalue weighted by Gasteiger charge is -2.13. The maximum Gasteiger partial charge on any atom is 0.225 e. The summed E-state index contributed by atoms with van der Waals surface area (Å²) in [5.74, 6) is 0.596. The van der Waals surface area contributed by atoms with Crippen molar-refractivity contribution in [1.29, 1.82) is 0 Å². The zero-order valence-corrected chi connectivity index (χ0v) is 14.0. The number of carbonyl (C=O) groups excluding carboxylic acids is 1. The molecule has 0 unspecified atom stereocenters. The van der Waals surface area contributed by atoms with Crippen LogP contribution < -0.4 is 15.5 Å². The van der Waals surface area contributed by atoms with Gasteiger partial charge in [-0.3, -0.25) is 4.79 Å². The fraction of sp³-hybridized carbons (Fsp3) is 0.333. The maximum absolute atomic E-state index is 11.7. The highest BCUT2D eigenvalue weighted by Crippen LogP contribution is 2.20. The molecule has 122 valence electrons. The van der Waals surface area contributed by atoms with Crippen LogP contribution in [-0.4, -0.2) is 25.0 Å². The van der Waals surface area contributed by atoms with Crippen LogP contribution in [0.15, 0.2) is 42.6 Å². The van der Waals surface area contributed by atoms with Crippen molar-refractivity contribution in [3.63, 3.8) is 0 Å². The number of carbonyl (C=O) groups is 1. The van der Waals surface area contributed by atoms with Gasteiger partial charge in [0.05, 0.1) is 11.9 Å². The standard InChI is InChI=1S/C18H24N4O/c1-4-5-6-18(23)21-17-12-9-15(13-19-17)20-14-7-10-16(11-8-14)22(2)3/h7-13,20H,4-6H2,1-3H3,(H,19,21,23). The molecule has 0 radical (unpaired) electrons. The first kappa shape index (κ1) is 16.8. The Labute approximate surface area is 137 Å². The van der Waals surface area contributed by atoms with E-state index in [0.717, 1.165) is 29.9 Å². The minimum Gasteiger partial charge on any atom is -0.378 e. The lowest BCUT2D eigenvalue weighted by atomic mass is 10.2. The molecule has 1 amide bonds. The van der Waals surface area contributed by atoms with E-state index in [1.165, 1.54) is 0 Å². The summed E-state index contributed by atoms with van der Waals surface area (Å²) in [5.41, 5.74) is 3.03. The Bertz CT molecular complexity index is 620. The van der Waals surface area contributed by atoms with Crippen molar-refractivity contribution in [3.8, 4) is 0 Å². The fourth-order valence-electron chi connectivity index (χ4n) is 2.09. The molecular weight excluding hydrogens is 288 g/mol. The van der Waals surface area contributed by atoms with Crippen LogP contribution in [-0.2, 0) is 4.79 Å². The summed E-state index contributed by atoms with van der Waals surface area (Å²) in [7, 11) is 4.03. The Morgan fingerprint density at radius 3 is 2.35 bits per heavy atom. The summed E-state index contributed by atoms with van der Waals surface area (Å²) in [6.07, 6.45) is 4.16. The predicted molar refractivity (Wildman–Crippen MR) is 96.4 cm³/mol. The van der Waals surface area contributed by atoms with Crippen LogP contribution in [0.1, 0.15) is 26.2 Å². The van der Waals surface area contributed by atoms with Gasteiger partial charge in [-0.05, 0) is 42.8 Å². The first-order valence-electron chi connectivity index (χ1n) is 7.89. The second-order valence-electron chi connectivity index (χ2n) is 5.65. The Balaban J connectivity index is 1.93. The minimum absolute atomic E-state index is 0.0133. The molecule has 0 aliphatic heterocycles. The number of hydrogen-bond donors (Lipinski definition) is 2. The molecule has 2 N–H and O–H groups in total. The Morgan fingerprint density at radius 1 is 1.09 bits per heavy atom. The fourth-order valence-corrected chi connectivity index (χ4v) is 2.09. The molecular formula is C18H24N4O. The molecule has 1 aromatic carbocycles. The van der Waals surface area contributed by atoms with Gasteiger partial charge in [-0.25, -0.2) is 4.98 Å².